The highest BCUT2D eigenvalue weighted by atomic mass is 79.9. The van der Waals surface area contributed by atoms with Crippen LogP contribution in [-0.4, -0.2) is 28.7 Å². The summed E-state index contributed by atoms with van der Waals surface area (Å²) in [4.78, 5) is 37.5. The van der Waals surface area contributed by atoms with Crippen LogP contribution in [0.1, 0.15) is 16.8 Å². The number of ether oxygens (including phenoxy) is 1. The number of anilines is 2. The quantitative estimate of drug-likeness (QED) is 0.525. The highest BCUT2D eigenvalue weighted by molar-refractivity contribution is 9.09. The predicted molar refractivity (Wildman–Crippen MR) is 111 cm³/mol. The number of nitrogens with one attached hydrogen (secondary N) is 2. The highest BCUT2D eigenvalue weighted by Crippen LogP contribution is 2.60. The van der Waals surface area contributed by atoms with Crippen molar-refractivity contribution in [2.75, 3.05) is 10.6 Å². The van der Waals surface area contributed by atoms with Crippen molar-refractivity contribution in [2.24, 2.45) is 23.7 Å². The molecule has 2 amide bonds. The van der Waals surface area contributed by atoms with E-state index < -0.39 is 5.92 Å². The molecule has 0 radical (unpaired) electrons. The van der Waals surface area contributed by atoms with Gasteiger partial charge in [-0.3, -0.25) is 14.4 Å². The summed E-state index contributed by atoms with van der Waals surface area (Å²) in [6.45, 7) is 0. The van der Waals surface area contributed by atoms with Gasteiger partial charge in [-0.05, 0) is 60.9 Å². The lowest BCUT2D eigenvalue weighted by atomic mass is 9.79. The molecule has 2 aromatic rings. The molecule has 5 rings (SSSR count). The molecule has 0 spiro atoms. The lowest BCUT2D eigenvalue weighted by Crippen LogP contribution is -2.40. The van der Waals surface area contributed by atoms with Crippen LogP contribution in [0.15, 0.2) is 48.5 Å². The Labute approximate surface area is 180 Å². The van der Waals surface area contributed by atoms with Crippen molar-refractivity contribution in [1.82, 2.24) is 0 Å². The zero-order valence-electron chi connectivity index (χ0n) is 15.7. The van der Waals surface area contributed by atoms with E-state index in [-0.39, 0.29) is 52.3 Å². The van der Waals surface area contributed by atoms with E-state index in [0.29, 0.717) is 16.9 Å². The summed E-state index contributed by atoms with van der Waals surface area (Å²) < 4.78 is 18.4. The molecule has 1 saturated heterocycles. The SMILES string of the molecule is O=C(Nc1ccc(F)cc1)c1ccc(NC(=O)[C@@H]2[C@H]3C[C@H]4[C@H](OC(=O)[C@H]42)[C@@H]3Br)cc1. The largest absolute Gasteiger partial charge is 0.461 e. The van der Waals surface area contributed by atoms with Crippen molar-refractivity contribution in [3.05, 3.63) is 59.9 Å². The maximum atomic E-state index is 13.0. The Hall–Kier alpha value is -2.74. The molecule has 1 aliphatic heterocycles. The van der Waals surface area contributed by atoms with Crippen LogP contribution in [0.25, 0.3) is 0 Å². The van der Waals surface area contributed by atoms with Gasteiger partial charge in [-0.15, -0.1) is 0 Å². The Bertz CT molecular complexity index is 1030. The number of rotatable bonds is 4. The molecule has 2 aromatic carbocycles. The minimum absolute atomic E-state index is 0.0125. The van der Waals surface area contributed by atoms with Gasteiger partial charge in [0.2, 0.25) is 5.91 Å². The van der Waals surface area contributed by atoms with E-state index >= 15 is 0 Å². The molecule has 3 aliphatic rings. The summed E-state index contributed by atoms with van der Waals surface area (Å²) in [5.74, 6) is -1.77. The van der Waals surface area contributed by atoms with E-state index in [4.69, 9.17) is 4.74 Å². The third-order valence-corrected chi connectivity index (χ3v) is 7.54. The summed E-state index contributed by atoms with van der Waals surface area (Å²) in [6, 6.07) is 12.0. The van der Waals surface area contributed by atoms with Crippen molar-refractivity contribution < 1.29 is 23.5 Å². The average molecular weight is 473 g/mol. The molecule has 154 valence electrons. The van der Waals surface area contributed by atoms with Gasteiger partial charge < -0.3 is 15.4 Å². The average Bonchev–Trinajstić information content (AvgIpc) is 3.34. The van der Waals surface area contributed by atoms with Crippen LogP contribution >= 0.6 is 15.9 Å². The summed E-state index contributed by atoms with van der Waals surface area (Å²) in [6.07, 6.45) is 0.702. The van der Waals surface area contributed by atoms with Gasteiger partial charge in [0.05, 0.1) is 16.7 Å². The molecule has 2 N–H and O–H groups in total. The van der Waals surface area contributed by atoms with Crippen molar-refractivity contribution in [2.45, 2.75) is 17.4 Å². The first-order valence-electron chi connectivity index (χ1n) is 9.75. The van der Waals surface area contributed by atoms with Crippen LogP contribution in [0.5, 0.6) is 0 Å². The molecule has 8 heteroatoms. The maximum Gasteiger partial charge on any atom is 0.310 e. The number of benzene rings is 2. The van der Waals surface area contributed by atoms with Gasteiger partial charge >= 0.3 is 5.97 Å². The lowest BCUT2D eigenvalue weighted by molar-refractivity contribution is -0.145. The van der Waals surface area contributed by atoms with E-state index in [2.05, 4.69) is 26.6 Å². The third kappa shape index (κ3) is 3.10. The fourth-order valence-corrected chi connectivity index (χ4v) is 6.04. The normalized spacial score (nSPS) is 30.8. The van der Waals surface area contributed by atoms with Crippen molar-refractivity contribution >= 4 is 45.1 Å². The second kappa shape index (κ2) is 7.19. The van der Waals surface area contributed by atoms with E-state index in [9.17, 15) is 18.8 Å². The molecular weight excluding hydrogens is 455 g/mol. The topological polar surface area (TPSA) is 84.5 Å². The van der Waals surface area contributed by atoms with Crippen LogP contribution < -0.4 is 10.6 Å². The Kier molecular flexibility index (Phi) is 4.61. The first kappa shape index (κ1) is 19.2. The summed E-state index contributed by atoms with van der Waals surface area (Å²) in [5, 5.41) is 5.56. The summed E-state index contributed by atoms with van der Waals surface area (Å²) in [7, 11) is 0. The fraction of sp³-hybridized carbons (Fsp3) is 0.318. The van der Waals surface area contributed by atoms with Gasteiger partial charge in [0, 0.05) is 22.9 Å². The maximum absolute atomic E-state index is 13.0. The number of fused-ring (bicyclic) bond motifs is 1. The zero-order chi connectivity index (χ0) is 21.0. The first-order valence-corrected chi connectivity index (χ1v) is 10.7. The van der Waals surface area contributed by atoms with Crippen LogP contribution in [0.3, 0.4) is 0 Å². The Morgan fingerprint density at radius 2 is 1.60 bits per heavy atom. The minimum Gasteiger partial charge on any atom is -0.461 e. The Morgan fingerprint density at radius 1 is 0.967 bits per heavy atom. The number of carbonyl (C=O) groups excluding carboxylic acids is 3. The molecule has 6 nitrogen and oxygen atoms in total. The number of alkyl halides is 1. The third-order valence-electron chi connectivity index (χ3n) is 6.34. The van der Waals surface area contributed by atoms with Gasteiger partial charge in [-0.25, -0.2) is 4.39 Å². The first-order chi connectivity index (χ1) is 14.4. The van der Waals surface area contributed by atoms with Crippen molar-refractivity contribution in [1.29, 1.82) is 0 Å². The molecular formula is C22H18BrFN2O4. The summed E-state index contributed by atoms with van der Waals surface area (Å²) >= 11 is 3.60. The molecule has 1 heterocycles. The van der Waals surface area contributed by atoms with Crippen LogP contribution in [0.4, 0.5) is 15.8 Å². The number of esters is 1. The van der Waals surface area contributed by atoms with Crippen molar-refractivity contribution in [3.8, 4) is 0 Å². The number of halogens is 2. The molecule has 0 unspecified atom stereocenters. The van der Waals surface area contributed by atoms with Gasteiger partial charge in [-0.1, -0.05) is 15.9 Å². The molecule has 0 aromatic heterocycles. The van der Waals surface area contributed by atoms with Crippen LogP contribution in [0, 0.1) is 29.5 Å². The van der Waals surface area contributed by atoms with E-state index in [0.717, 1.165) is 6.42 Å². The minimum atomic E-state index is -0.410. The summed E-state index contributed by atoms with van der Waals surface area (Å²) in [5.41, 5.74) is 1.44. The highest BCUT2D eigenvalue weighted by Gasteiger charge is 2.67. The van der Waals surface area contributed by atoms with Crippen LogP contribution in [-0.2, 0) is 14.3 Å². The van der Waals surface area contributed by atoms with Gasteiger partial charge in [0.1, 0.15) is 11.9 Å². The standard InChI is InChI=1S/C22H18BrFN2O4/c23-18-14-9-15-17(22(29)30-19(15)18)16(14)21(28)26-12-5-1-10(2-6-12)20(27)25-13-7-3-11(24)4-8-13/h1-8,14-19H,9H2,(H,25,27)(H,26,28)/t14-,15-,16-,17-,18-,19+/m1/s1. The Balaban J connectivity index is 1.25. The molecule has 6 atom stereocenters. The molecule has 2 aliphatic carbocycles. The predicted octanol–water partition coefficient (Wildman–Crippen LogP) is 3.59. The number of carbonyl (C=O) groups is 3. The molecule has 3 fully saturated rings. The Morgan fingerprint density at radius 3 is 2.30 bits per heavy atom. The van der Waals surface area contributed by atoms with Gasteiger partial charge in [0.25, 0.3) is 5.91 Å². The van der Waals surface area contributed by atoms with E-state index in [1.165, 1.54) is 24.3 Å². The number of hydrogen-bond acceptors (Lipinski definition) is 4. The van der Waals surface area contributed by atoms with Crippen molar-refractivity contribution in [3.63, 3.8) is 0 Å². The fourth-order valence-electron chi connectivity index (χ4n) is 5.00. The van der Waals surface area contributed by atoms with E-state index in [1.54, 1.807) is 24.3 Å². The number of amides is 2. The van der Waals surface area contributed by atoms with Gasteiger partial charge in [-0.2, -0.15) is 0 Å². The number of hydrogen-bond donors (Lipinski definition) is 2. The molecule has 2 bridgehead atoms. The second-order valence-corrected chi connectivity index (χ2v) is 9.05. The lowest BCUT2D eigenvalue weighted by Gasteiger charge is -2.27. The van der Waals surface area contributed by atoms with Gasteiger partial charge in [0.15, 0.2) is 0 Å². The second-order valence-electron chi connectivity index (χ2n) is 7.99. The smallest absolute Gasteiger partial charge is 0.310 e. The van der Waals surface area contributed by atoms with E-state index in [1.807, 2.05) is 0 Å². The molecule has 2 saturated carbocycles. The molecule has 30 heavy (non-hydrogen) atoms. The zero-order valence-corrected chi connectivity index (χ0v) is 17.3. The monoisotopic (exact) mass is 472 g/mol. The van der Waals surface area contributed by atoms with Crippen LogP contribution in [0.2, 0.25) is 0 Å².